The first-order valence-corrected chi connectivity index (χ1v) is 9.34. The lowest BCUT2D eigenvalue weighted by Crippen LogP contribution is -2.49. The summed E-state index contributed by atoms with van der Waals surface area (Å²) in [6.07, 6.45) is 1.93. The van der Waals surface area contributed by atoms with E-state index < -0.39 is 11.8 Å². The zero-order valence-corrected chi connectivity index (χ0v) is 16.0. The van der Waals surface area contributed by atoms with Gasteiger partial charge >= 0.3 is 6.03 Å². The number of halogens is 2. The van der Waals surface area contributed by atoms with Crippen LogP contribution in [0, 0.1) is 5.82 Å². The molecule has 1 aromatic heterocycles. The molecule has 148 valence electrons. The quantitative estimate of drug-likeness (QED) is 0.801. The first kappa shape index (κ1) is 19.9. The van der Waals surface area contributed by atoms with Gasteiger partial charge < -0.3 is 20.4 Å². The number of benzene rings is 1. The average molecular weight is 406 g/mol. The molecule has 1 aliphatic heterocycles. The van der Waals surface area contributed by atoms with Gasteiger partial charge in [-0.05, 0) is 30.3 Å². The molecule has 9 heteroatoms. The highest BCUT2D eigenvalue weighted by Gasteiger charge is 2.21. The van der Waals surface area contributed by atoms with Crippen LogP contribution < -0.4 is 15.5 Å². The fourth-order valence-corrected chi connectivity index (χ4v) is 3.08. The number of carbonyl (C=O) groups is 2. The van der Waals surface area contributed by atoms with E-state index >= 15 is 0 Å². The second-order valence-electron chi connectivity index (χ2n) is 6.31. The second-order valence-corrected chi connectivity index (χ2v) is 6.75. The monoisotopic (exact) mass is 405 g/mol. The molecule has 1 saturated heterocycles. The number of aromatic nitrogens is 1. The Hall–Kier alpha value is -2.87. The number of pyridine rings is 1. The van der Waals surface area contributed by atoms with E-state index in [1.165, 1.54) is 12.1 Å². The van der Waals surface area contributed by atoms with Crippen molar-refractivity contribution in [3.8, 4) is 0 Å². The molecule has 7 nitrogen and oxygen atoms in total. The van der Waals surface area contributed by atoms with Crippen molar-refractivity contribution < 1.29 is 14.0 Å². The first-order chi connectivity index (χ1) is 13.5. The third-order valence-corrected chi connectivity index (χ3v) is 4.64. The molecule has 2 heterocycles. The highest BCUT2D eigenvalue weighted by Crippen LogP contribution is 2.18. The van der Waals surface area contributed by atoms with E-state index in [0.29, 0.717) is 26.2 Å². The molecule has 0 radical (unpaired) electrons. The molecule has 0 atom stereocenters. The first-order valence-electron chi connectivity index (χ1n) is 8.96. The van der Waals surface area contributed by atoms with E-state index in [4.69, 9.17) is 11.6 Å². The number of hydrogen-bond acceptors (Lipinski definition) is 4. The van der Waals surface area contributed by atoms with Gasteiger partial charge in [-0.15, -0.1) is 0 Å². The van der Waals surface area contributed by atoms with Gasteiger partial charge in [0.05, 0.1) is 5.69 Å². The summed E-state index contributed by atoms with van der Waals surface area (Å²) >= 11 is 5.67. The van der Waals surface area contributed by atoms with Crippen molar-refractivity contribution in [1.29, 1.82) is 0 Å². The van der Waals surface area contributed by atoms with Crippen molar-refractivity contribution in [1.82, 2.24) is 15.2 Å². The topological polar surface area (TPSA) is 77.6 Å². The Morgan fingerprint density at radius 3 is 2.61 bits per heavy atom. The minimum absolute atomic E-state index is 0.0267. The molecule has 3 rings (SSSR count). The Balaban J connectivity index is 1.38. The number of nitrogens with one attached hydrogen (secondary N) is 2. The maximum Gasteiger partial charge on any atom is 0.319 e. The maximum atomic E-state index is 13.7. The van der Waals surface area contributed by atoms with E-state index in [1.807, 2.05) is 18.2 Å². The molecule has 1 aliphatic rings. The molecular formula is C19H21ClFN5O2. The number of anilines is 2. The van der Waals surface area contributed by atoms with Crippen LogP contribution in [0.25, 0.3) is 0 Å². The molecule has 2 N–H and O–H groups in total. The Morgan fingerprint density at radius 2 is 1.93 bits per heavy atom. The number of hydrogen-bond donors (Lipinski definition) is 2. The zero-order chi connectivity index (χ0) is 19.9. The highest BCUT2D eigenvalue weighted by molar-refractivity contribution is 6.30. The van der Waals surface area contributed by atoms with Gasteiger partial charge in [0, 0.05) is 50.4 Å². The SMILES string of the molecule is O=C(NCCC(=O)N1CCN(c2ccccn2)CC1)Nc1ccc(Cl)cc1F. The second kappa shape index (κ2) is 9.36. The summed E-state index contributed by atoms with van der Waals surface area (Å²) in [5, 5.41) is 5.20. The van der Waals surface area contributed by atoms with Gasteiger partial charge in [0.2, 0.25) is 5.91 Å². The summed E-state index contributed by atoms with van der Waals surface area (Å²) < 4.78 is 13.7. The van der Waals surface area contributed by atoms with E-state index in [1.54, 1.807) is 11.1 Å². The lowest BCUT2D eigenvalue weighted by atomic mass is 10.2. The summed E-state index contributed by atoms with van der Waals surface area (Å²) in [7, 11) is 0. The van der Waals surface area contributed by atoms with Crippen LogP contribution >= 0.6 is 11.6 Å². The third kappa shape index (κ3) is 5.32. The Kier molecular flexibility index (Phi) is 6.65. The van der Waals surface area contributed by atoms with Gasteiger partial charge in [0.25, 0.3) is 0 Å². The van der Waals surface area contributed by atoms with Crippen LogP contribution in [-0.4, -0.2) is 54.5 Å². The standard InChI is InChI=1S/C19H21ClFN5O2/c20-14-4-5-16(15(21)13-14)24-19(28)23-8-6-18(27)26-11-9-25(10-12-26)17-3-1-2-7-22-17/h1-5,7,13H,6,8-12H2,(H2,23,24,28). The Labute approximate surface area is 167 Å². The number of nitrogens with zero attached hydrogens (tertiary/aromatic N) is 3. The van der Waals surface area contributed by atoms with Crippen LogP contribution in [-0.2, 0) is 4.79 Å². The number of amides is 3. The Morgan fingerprint density at radius 1 is 1.14 bits per heavy atom. The van der Waals surface area contributed by atoms with Crippen LogP contribution in [0.15, 0.2) is 42.6 Å². The van der Waals surface area contributed by atoms with Crippen molar-refractivity contribution in [2.45, 2.75) is 6.42 Å². The molecule has 0 saturated carbocycles. The van der Waals surface area contributed by atoms with E-state index in [9.17, 15) is 14.0 Å². The number of urea groups is 1. The van der Waals surface area contributed by atoms with Gasteiger partial charge in [-0.2, -0.15) is 0 Å². The molecule has 0 spiro atoms. The number of carbonyl (C=O) groups excluding carboxylic acids is 2. The molecule has 28 heavy (non-hydrogen) atoms. The summed E-state index contributed by atoms with van der Waals surface area (Å²) in [4.78, 5) is 32.4. The minimum Gasteiger partial charge on any atom is -0.353 e. The molecule has 2 aromatic rings. The van der Waals surface area contributed by atoms with E-state index in [0.717, 1.165) is 11.9 Å². The fourth-order valence-electron chi connectivity index (χ4n) is 2.92. The third-order valence-electron chi connectivity index (χ3n) is 4.41. The highest BCUT2D eigenvalue weighted by atomic mass is 35.5. The van der Waals surface area contributed by atoms with Crippen LogP contribution in [0.1, 0.15) is 6.42 Å². The Bertz CT molecular complexity index is 828. The van der Waals surface area contributed by atoms with E-state index in [-0.39, 0.29) is 29.6 Å². The molecule has 3 amide bonds. The van der Waals surface area contributed by atoms with E-state index in [2.05, 4.69) is 20.5 Å². The van der Waals surface area contributed by atoms with Gasteiger partial charge in [-0.25, -0.2) is 14.2 Å². The average Bonchev–Trinajstić information content (AvgIpc) is 2.71. The predicted molar refractivity (Wildman–Crippen MR) is 106 cm³/mol. The molecular weight excluding hydrogens is 385 g/mol. The molecule has 0 unspecified atom stereocenters. The maximum absolute atomic E-state index is 13.7. The van der Waals surface area contributed by atoms with Gasteiger partial charge in [0.1, 0.15) is 11.6 Å². The molecule has 1 fully saturated rings. The van der Waals surface area contributed by atoms with Crippen molar-refractivity contribution in [3.63, 3.8) is 0 Å². The van der Waals surface area contributed by atoms with Gasteiger partial charge in [-0.3, -0.25) is 4.79 Å². The smallest absolute Gasteiger partial charge is 0.319 e. The fraction of sp³-hybridized carbons (Fsp3) is 0.316. The normalized spacial score (nSPS) is 13.9. The lowest BCUT2D eigenvalue weighted by molar-refractivity contribution is -0.131. The summed E-state index contributed by atoms with van der Waals surface area (Å²) in [6.45, 7) is 2.81. The lowest BCUT2D eigenvalue weighted by Gasteiger charge is -2.35. The summed E-state index contributed by atoms with van der Waals surface area (Å²) in [5.41, 5.74) is 0.0267. The summed E-state index contributed by atoms with van der Waals surface area (Å²) in [6, 6.07) is 9.15. The summed E-state index contributed by atoms with van der Waals surface area (Å²) in [5.74, 6) is 0.255. The molecule has 0 aliphatic carbocycles. The van der Waals surface area contributed by atoms with Crippen molar-refractivity contribution in [3.05, 3.63) is 53.4 Å². The largest absolute Gasteiger partial charge is 0.353 e. The van der Waals surface area contributed by atoms with Crippen LogP contribution in [0.3, 0.4) is 0 Å². The van der Waals surface area contributed by atoms with Crippen molar-refractivity contribution in [2.24, 2.45) is 0 Å². The molecule has 1 aromatic carbocycles. The predicted octanol–water partition coefficient (Wildman–Crippen LogP) is 2.73. The molecule has 0 bridgehead atoms. The zero-order valence-electron chi connectivity index (χ0n) is 15.2. The van der Waals surface area contributed by atoms with Gasteiger partial charge in [-0.1, -0.05) is 17.7 Å². The van der Waals surface area contributed by atoms with Gasteiger partial charge in [0.15, 0.2) is 0 Å². The van der Waals surface area contributed by atoms with Crippen molar-refractivity contribution >= 4 is 35.0 Å². The van der Waals surface area contributed by atoms with Crippen molar-refractivity contribution in [2.75, 3.05) is 42.9 Å². The minimum atomic E-state index is -0.621. The van der Waals surface area contributed by atoms with Crippen LogP contribution in [0.5, 0.6) is 0 Å². The number of rotatable bonds is 5. The number of piperazine rings is 1. The van der Waals surface area contributed by atoms with Crippen LogP contribution in [0.4, 0.5) is 20.7 Å². The van der Waals surface area contributed by atoms with Crippen LogP contribution in [0.2, 0.25) is 5.02 Å².